The van der Waals surface area contributed by atoms with Gasteiger partial charge in [0, 0.05) is 17.0 Å². The first kappa shape index (κ1) is 21.0. The van der Waals surface area contributed by atoms with Crippen LogP contribution in [0.2, 0.25) is 0 Å². The molecule has 1 unspecified atom stereocenters. The molecule has 2 saturated carbocycles. The van der Waals surface area contributed by atoms with Gasteiger partial charge in [-0.1, -0.05) is 56.0 Å². The van der Waals surface area contributed by atoms with Gasteiger partial charge in [0.05, 0.1) is 12.1 Å². The number of carboxylic acids is 1. The molecule has 0 amide bonds. The Morgan fingerprint density at radius 3 is 2.55 bits per heavy atom. The number of aryl methyl sites for hydroxylation is 1. The number of aromatic nitrogens is 1. The van der Waals surface area contributed by atoms with Crippen molar-refractivity contribution in [3.63, 3.8) is 0 Å². The number of carbonyl (C=O) groups is 1. The standard InChI is InChI=1S/C26H34N2O2S/c29-24(30)14-17-28(26(15-6-7-16-26)21-10-4-5-11-21)25-27-22-13-12-20(18-23(22)31-25)19-8-2-1-3-9-19/h1-3,8-9,20-21H,4-7,10-18H2,(H,29,30). The SMILES string of the molecule is O=C(O)CCN(c1nc2c(s1)CC(c1ccccc1)CC2)C1(C2CCCC2)CCCC1. The second-order valence-corrected chi connectivity index (χ2v) is 10.9. The maximum Gasteiger partial charge on any atom is 0.305 e. The number of aliphatic carboxylic acids is 1. The third-order valence-corrected chi connectivity index (χ3v) is 9.24. The fourth-order valence-electron chi connectivity index (χ4n) is 6.55. The summed E-state index contributed by atoms with van der Waals surface area (Å²) in [6, 6.07) is 10.9. The monoisotopic (exact) mass is 438 g/mol. The molecule has 3 aliphatic rings. The van der Waals surface area contributed by atoms with Crippen LogP contribution in [0.4, 0.5) is 5.13 Å². The van der Waals surface area contributed by atoms with E-state index in [0.29, 0.717) is 18.4 Å². The highest BCUT2D eigenvalue weighted by Crippen LogP contribution is 2.50. The van der Waals surface area contributed by atoms with Gasteiger partial charge in [-0.25, -0.2) is 4.98 Å². The molecule has 1 N–H and O–H groups in total. The fraction of sp³-hybridized carbons (Fsp3) is 0.615. The number of anilines is 1. The van der Waals surface area contributed by atoms with Crippen molar-refractivity contribution in [2.75, 3.05) is 11.4 Å². The first-order valence-corrected chi connectivity index (χ1v) is 13.0. The van der Waals surface area contributed by atoms with Gasteiger partial charge >= 0.3 is 5.97 Å². The van der Waals surface area contributed by atoms with E-state index in [2.05, 4.69) is 35.2 Å². The second kappa shape index (κ2) is 8.93. The second-order valence-electron chi connectivity index (χ2n) is 9.80. The Hall–Kier alpha value is -1.88. The van der Waals surface area contributed by atoms with Crippen molar-refractivity contribution in [1.29, 1.82) is 0 Å². The third-order valence-electron chi connectivity index (χ3n) is 8.10. The normalized spacial score (nSPS) is 23.0. The van der Waals surface area contributed by atoms with Crippen molar-refractivity contribution in [2.24, 2.45) is 5.92 Å². The van der Waals surface area contributed by atoms with Crippen molar-refractivity contribution < 1.29 is 9.90 Å². The zero-order chi connectivity index (χ0) is 21.3. The molecule has 1 atom stereocenters. The molecule has 0 spiro atoms. The molecular weight excluding hydrogens is 404 g/mol. The zero-order valence-electron chi connectivity index (χ0n) is 18.4. The van der Waals surface area contributed by atoms with Crippen LogP contribution in [0.3, 0.4) is 0 Å². The van der Waals surface area contributed by atoms with E-state index < -0.39 is 5.97 Å². The van der Waals surface area contributed by atoms with Crippen LogP contribution in [-0.2, 0) is 17.6 Å². The number of hydrogen-bond donors (Lipinski definition) is 1. The van der Waals surface area contributed by atoms with E-state index in [4.69, 9.17) is 4.98 Å². The zero-order valence-corrected chi connectivity index (χ0v) is 19.2. The summed E-state index contributed by atoms with van der Waals surface area (Å²) < 4.78 is 0. The molecule has 5 heteroatoms. The van der Waals surface area contributed by atoms with Crippen LogP contribution >= 0.6 is 11.3 Å². The van der Waals surface area contributed by atoms with Crippen LogP contribution in [0.15, 0.2) is 30.3 Å². The maximum absolute atomic E-state index is 11.5. The molecule has 5 rings (SSSR count). The van der Waals surface area contributed by atoms with Gasteiger partial charge in [0.15, 0.2) is 5.13 Å². The van der Waals surface area contributed by atoms with Gasteiger partial charge in [-0.15, -0.1) is 11.3 Å². The fourth-order valence-corrected chi connectivity index (χ4v) is 7.86. The summed E-state index contributed by atoms with van der Waals surface area (Å²) in [7, 11) is 0. The lowest BCUT2D eigenvalue weighted by Gasteiger charge is -2.46. The van der Waals surface area contributed by atoms with Gasteiger partial charge in [0.2, 0.25) is 0 Å². The van der Waals surface area contributed by atoms with E-state index in [1.54, 1.807) is 0 Å². The highest BCUT2D eigenvalue weighted by Gasteiger charge is 2.47. The lowest BCUT2D eigenvalue weighted by molar-refractivity contribution is -0.136. The average Bonchev–Trinajstić information content (AvgIpc) is 3.54. The van der Waals surface area contributed by atoms with Crippen molar-refractivity contribution in [3.8, 4) is 0 Å². The molecule has 1 aromatic heterocycles. The molecule has 2 fully saturated rings. The minimum Gasteiger partial charge on any atom is -0.481 e. The Morgan fingerprint density at radius 1 is 1.10 bits per heavy atom. The van der Waals surface area contributed by atoms with Gasteiger partial charge in [-0.2, -0.15) is 0 Å². The molecule has 3 aliphatic carbocycles. The Labute approximate surface area is 189 Å². The predicted octanol–water partition coefficient (Wildman–Crippen LogP) is 6.20. The molecule has 1 heterocycles. The Kier molecular flexibility index (Phi) is 6.05. The number of nitrogens with zero attached hydrogens (tertiary/aromatic N) is 2. The van der Waals surface area contributed by atoms with E-state index in [1.165, 1.54) is 67.5 Å². The van der Waals surface area contributed by atoms with Crippen LogP contribution in [0.5, 0.6) is 0 Å². The first-order chi connectivity index (χ1) is 15.2. The quantitative estimate of drug-likeness (QED) is 0.559. The molecule has 0 radical (unpaired) electrons. The molecule has 4 nitrogen and oxygen atoms in total. The molecule has 166 valence electrons. The Balaban J connectivity index is 1.45. The van der Waals surface area contributed by atoms with Gasteiger partial charge in [-0.05, 0) is 62.3 Å². The summed E-state index contributed by atoms with van der Waals surface area (Å²) in [4.78, 5) is 20.6. The van der Waals surface area contributed by atoms with Crippen LogP contribution in [-0.4, -0.2) is 28.1 Å². The number of hydrogen-bond acceptors (Lipinski definition) is 4. The minimum absolute atomic E-state index is 0.130. The molecule has 1 aromatic carbocycles. The van der Waals surface area contributed by atoms with Crippen molar-refractivity contribution in [2.45, 2.75) is 88.5 Å². The summed E-state index contributed by atoms with van der Waals surface area (Å²) >= 11 is 1.86. The van der Waals surface area contributed by atoms with E-state index in [9.17, 15) is 9.90 Å². The summed E-state index contributed by atoms with van der Waals surface area (Å²) in [6.07, 6.45) is 13.6. The van der Waals surface area contributed by atoms with Gasteiger partial charge in [0.25, 0.3) is 0 Å². The topological polar surface area (TPSA) is 53.4 Å². The summed E-state index contributed by atoms with van der Waals surface area (Å²) in [5.41, 5.74) is 2.83. The number of rotatable bonds is 7. The van der Waals surface area contributed by atoms with Crippen LogP contribution in [0, 0.1) is 5.92 Å². The van der Waals surface area contributed by atoms with E-state index in [0.717, 1.165) is 24.4 Å². The largest absolute Gasteiger partial charge is 0.481 e. The first-order valence-electron chi connectivity index (χ1n) is 12.2. The lowest BCUT2D eigenvalue weighted by Crippen LogP contribution is -2.52. The molecule has 0 saturated heterocycles. The number of thiazole rings is 1. The average molecular weight is 439 g/mol. The van der Waals surface area contributed by atoms with Crippen LogP contribution in [0.1, 0.15) is 86.3 Å². The smallest absolute Gasteiger partial charge is 0.305 e. The van der Waals surface area contributed by atoms with Crippen molar-refractivity contribution in [3.05, 3.63) is 46.5 Å². The van der Waals surface area contributed by atoms with Crippen LogP contribution in [0.25, 0.3) is 0 Å². The van der Waals surface area contributed by atoms with Crippen LogP contribution < -0.4 is 4.90 Å². The highest BCUT2D eigenvalue weighted by atomic mass is 32.1. The molecule has 31 heavy (non-hydrogen) atoms. The lowest BCUT2D eigenvalue weighted by atomic mass is 9.79. The summed E-state index contributed by atoms with van der Waals surface area (Å²) in [5, 5.41) is 10.6. The van der Waals surface area contributed by atoms with E-state index in [-0.39, 0.29) is 12.0 Å². The van der Waals surface area contributed by atoms with Gasteiger partial charge in [-0.3, -0.25) is 4.79 Å². The van der Waals surface area contributed by atoms with Gasteiger partial charge < -0.3 is 10.0 Å². The Morgan fingerprint density at radius 2 is 1.84 bits per heavy atom. The molecule has 0 bridgehead atoms. The minimum atomic E-state index is -0.699. The maximum atomic E-state index is 11.5. The van der Waals surface area contributed by atoms with Crippen molar-refractivity contribution >= 4 is 22.4 Å². The Bertz CT molecular complexity index is 897. The van der Waals surface area contributed by atoms with E-state index in [1.807, 2.05) is 11.3 Å². The molecule has 2 aromatic rings. The number of benzene rings is 1. The van der Waals surface area contributed by atoms with Crippen molar-refractivity contribution in [1.82, 2.24) is 4.98 Å². The summed E-state index contributed by atoms with van der Waals surface area (Å²) in [5.74, 6) is 0.571. The number of carboxylic acid groups (broad SMARTS) is 1. The van der Waals surface area contributed by atoms with E-state index >= 15 is 0 Å². The number of fused-ring (bicyclic) bond motifs is 1. The molecule has 0 aliphatic heterocycles. The summed E-state index contributed by atoms with van der Waals surface area (Å²) in [6.45, 7) is 0.598. The highest BCUT2D eigenvalue weighted by molar-refractivity contribution is 7.15. The van der Waals surface area contributed by atoms with Gasteiger partial charge in [0.1, 0.15) is 0 Å². The third kappa shape index (κ3) is 4.13. The predicted molar refractivity (Wildman–Crippen MR) is 126 cm³/mol. The molecular formula is C26H34N2O2S.